The van der Waals surface area contributed by atoms with Crippen LogP contribution in [0.5, 0.6) is 0 Å². The molecule has 8 nitrogen and oxygen atoms in total. The average Bonchev–Trinajstić information content (AvgIpc) is 2.74. The van der Waals surface area contributed by atoms with Crippen molar-refractivity contribution in [1.82, 2.24) is 10.9 Å². The zero-order chi connectivity index (χ0) is 22.6. The third-order valence-electron chi connectivity index (χ3n) is 4.43. The summed E-state index contributed by atoms with van der Waals surface area (Å²) in [6.45, 7) is 0. The molecule has 2 rings (SSSR count). The highest BCUT2D eigenvalue weighted by atomic mass is 16.2. The number of amides is 2. The summed E-state index contributed by atoms with van der Waals surface area (Å²) in [6, 6.07) is 15.6. The minimum absolute atomic E-state index is 0.208. The molecule has 0 aromatic heterocycles. The molecular formula is C23H30N6O2. The smallest absolute Gasteiger partial charge is 0.240 e. The molecule has 0 heterocycles. The van der Waals surface area contributed by atoms with E-state index in [2.05, 4.69) is 21.1 Å². The first kappa shape index (κ1) is 23.6. The highest BCUT2D eigenvalue weighted by Gasteiger charge is 2.04. The van der Waals surface area contributed by atoms with Gasteiger partial charge in [-0.3, -0.25) is 9.59 Å². The molecule has 2 aromatic carbocycles. The van der Waals surface area contributed by atoms with Crippen molar-refractivity contribution in [1.29, 1.82) is 0 Å². The third kappa shape index (κ3) is 8.69. The number of hydrogen-bond acceptors (Lipinski definition) is 6. The molecule has 2 amide bonds. The van der Waals surface area contributed by atoms with E-state index in [0.29, 0.717) is 6.42 Å². The van der Waals surface area contributed by atoms with Crippen molar-refractivity contribution in [3.05, 3.63) is 59.7 Å². The number of rotatable bonds is 10. The van der Waals surface area contributed by atoms with Crippen LogP contribution in [0.15, 0.2) is 58.7 Å². The minimum Gasteiger partial charge on any atom is -0.378 e. The Bertz CT molecular complexity index is 827. The lowest BCUT2D eigenvalue weighted by Gasteiger charge is -2.11. The molecule has 0 saturated heterocycles. The van der Waals surface area contributed by atoms with E-state index in [1.54, 1.807) is 12.4 Å². The van der Waals surface area contributed by atoms with Crippen LogP contribution in [0.4, 0.5) is 11.4 Å². The Labute approximate surface area is 183 Å². The molecule has 8 heteroatoms. The maximum absolute atomic E-state index is 11.8. The van der Waals surface area contributed by atoms with Gasteiger partial charge in [0.25, 0.3) is 0 Å². The van der Waals surface area contributed by atoms with Crippen LogP contribution in [0.25, 0.3) is 0 Å². The second-order valence-corrected chi connectivity index (χ2v) is 7.41. The standard InChI is InChI=1S/C23H30N6O2/c1-28(2)20-12-8-18(9-13-20)16-24-26-22(30)6-5-7-23(31)27-25-17-19-10-14-21(15-11-19)29(3)4/h8-17H,5-7H2,1-4H3,(H,26,30)(H,27,31)/b24-16-,25-17-. The molecule has 164 valence electrons. The van der Waals surface area contributed by atoms with Gasteiger partial charge in [0, 0.05) is 52.4 Å². The van der Waals surface area contributed by atoms with E-state index >= 15 is 0 Å². The van der Waals surface area contributed by atoms with Gasteiger partial charge in [-0.15, -0.1) is 0 Å². The fourth-order valence-corrected chi connectivity index (χ4v) is 2.60. The predicted molar refractivity (Wildman–Crippen MR) is 127 cm³/mol. The van der Waals surface area contributed by atoms with Crippen LogP contribution < -0.4 is 20.7 Å². The Morgan fingerprint density at radius 1 is 0.710 bits per heavy atom. The van der Waals surface area contributed by atoms with Crippen molar-refractivity contribution in [2.45, 2.75) is 19.3 Å². The monoisotopic (exact) mass is 422 g/mol. The van der Waals surface area contributed by atoms with E-state index in [1.807, 2.05) is 86.5 Å². The number of anilines is 2. The number of hydrazone groups is 2. The highest BCUT2D eigenvalue weighted by Crippen LogP contribution is 2.11. The summed E-state index contributed by atoms with van der Waals surface area (Å²) in [5.41, 5.74) is 8.90. The Hall–Kier alpha value is -3.68. The number of hydrogen-bond donors (Lipinski definition) is 2. The van der Waals surface area contributed by atoms with Crippen molar-refractivity contribution < 1.29 is 9.59 Å². The number of carbonyl (C=O) groups is 2. The Kier molecular flexibility index (Phi) is 9.22. The normalized spacial score (nSPS) is 11.0. The molecule has 0 fully saturated rings. The molecular weight excluding hydrogens is 392 g/mol. The maximum atomic E-state index is 11.8. The minimum atomic E-state index is -0.238. The predicted octanol–water partition coefficient (Wildman–Crippen LogP) is 2.59. The van der Waals surface area contributed by atoms with Gasteiger partial charge in [0.05, 0.1) is 12.4 Å². The fraction of sp³-hybridized carbons (Fsp3) is 0.304. The summed E-state index contributed by atoms with van der Waals surface area (Å²) in [5.74, 6) is -0.475. The van der Waals surface area contributed by atoms with E-state index in [0.717, 1.165) is 22.5 Å². The zero-order valence-corrected chi connectivity index (χ0v) is 18.5. The van der Waals surface area contributed by atoms with Gasteiger partial charge in [-0.2, -0.15) is 10.2 Å². The van der Waals surface area contributed by atoms with Gasteiger partial charge in [-0.25, -0.2) is 10.9 Å². The number of carbonyl (C=O) groups excluding carboxylic acids is 2. The van der Waals surface area contributed by atoms with E-state index < -0.39 is 0 Å². The quantitative estimate of drug-likeness (QED) is 0.455. The Morgan fingerprint density at radius 2 is 1.06 bits per heavy atom. The molecule has 0 aliphatic rings. The van der Waals surface area contributed by atoms with Gasteiger partial charge in [-0.05, 0) is 41.8 Å². The first-order chi connectivity index (χ1) is 14.8. The summed E-state index contributed by atoms with van der Waals surface area (Å²) in [6.07, 6.45) is 4.01. The number of nitrogens with one attached hydrogen (secondary N) is 2. The molecule has 2 aromatic rings. The van der Waals surface area contributed by atoms with Crippen molar-refractivity contribution in [3.8, 4) is 0 Å². The molecule has 0 bridgehead atoms. The first-order valence-electron chi connectivity index (χ1n) is 10.0. The Morgan fingerprint density at radius 3 is 1.39 bits per heavy atom. The van der Waals surface area contributed by atoms with E-state index in [-0.39, 0.29) is 24.7 Å². The largest absolute Gasteiger partial charge is 0.378 e. The van der Waals surface area contributed by atoms with Gasteiger partial charge in [0.2, 0.25) is 11.8 Å². The van der Waals surface area contributed by atoms with Gasteiger partial charge in [-0.1, -0.05) is 24.3 Å². The third-order valence-corrected chi connectivity index (χ3v) is 4.43. The van der Waals surface area contributed by atoms with Gasteiger partial charge < -0.3 is 9.80 Å². The van der Waals surface area contributed by atoms with Crippen molar-refractivity contribution >= 4 is 35.6 Å². The SMILES string of the molecule is CN(C)c1ccc(/C=N\NC(=O)CCCC(=O)N/N=C\c2ccc(N(C)C)cc2)cc1. The maximum Gasteiger partial charge on any atom is 0.240 e. The molecule has 0 unspecified atom stereocenters. The van der Waals surface area contributed by atoms with Crippen LogP contribution in [0.2, 0.25) is 0 Å². The van der Waals surface area contributed by atoms with Crippen LogP contribution in [0, 0.1) is 0 Å². The summed E-state index contributed by atoms with van der Waals surface area (Å²) in [4.78, 5) is 27.7. The van der Waals surface area contributed by atoms with Gasteiger partial charge >= 0.3 is 0 Å². The van der Waals surface area contributed by atoms with Crippen LogP contribution in [0.1, 0.15) is 30.4 Å². The topological polar surface area (TPSA) is 89.4 Å². The second kappa shape index (κ2) is 12.1. The van der Waals surface area contributed by atoms with Crippen LogP contribution >= 0.6 is 0 Å². The van der Waals surface area contributed by atoms with E-state index in [9.17, 15) is 9.59 Å². The van der Waals surface area contributed by atoms with Gasteiger partial charge in [0.15, 0.2) is 0 Å². The van der Waals surface area contributed by atoms with Gasteiger partial charge in [0.1, 0.15) is 0 Å². The van der Waals surface area contributed by atoms with Crippen LogP contribution in [0.3, 0.4) is 0 Å². The van der Waals surface area contributed by atoms with Crippen molar-refractivity contribution in [2.24, 2.45) is 10.2 Å². The molecule has 0 radical (unpaired) electrons. The second-order valence-electron chi connectivity index (χ2n) is 7.41. The van der Waals surface area contributed by atoms with Crippen LogP contribution in [-0.4, -0.2) is 52.4 Å². The molecule has 2 N–H and O–H groups in total. The first-order valence-corrected chi connectivity index (χ1v) is 10.0. The lowest BCUT2D eigenvalue weighted by atomic mass is 10.2. The molecule has 0 aliphatic carbocycles. The number of nitrogens with zero attached hydrogens (tertiary/aromatic N) is 4. The Balaban J connectivity index is 1.64. The molecule has 31 heavy (non-hydrogen) atoms. The summed E-state index contributed by atoms with van der Waals surface area (Å²) >= 11 is 0. The molecule has 0 saturated carbocycles. The average molecular weight is 423 g/mol. The fourth-order valence-electron chi connectivity index (χ4n) is 2.60. The lowest BCUT2D eigenvalue weighted by molar-refractivity contribution is -0.122. The van der Waals surface area contributed by atoms with Crippen LogP contribution in [-0.2, 0) is 9.59 Å². The van der Waals surface area contributed by atoms with E-state index in [4.69, 9.17) is 0 Å². The zero-order valence-electron chi connectivity index (χ0n) is 18.5. The lowest BCUT2D eigenvalue weighted by Crippen LogP contribution is -2.20. The van der Waals surface area contributed by atoms with Crippen molar-refractivity contribution in [3.63, 3.8) is 0 Å². The molecule has 0 aliphatic heterocycles. The summed E-state index contributed by atoms with van der Waals surface area (Å²) in [5, 5.41) is 7.90. The summed E-state index contributed by atoms with van der Waals surface area (Å²) < 4.78 is 0. The summed E-state index contributed by atoms with van der Waals surface area (Å²) in [7, 11) is 7.89. The van der Waals surface area contributed by atoms with Crippen molar-refractivity contribution in [2.75, 3.05) is 38.0 Å². The highest BCUT2D eigenvalue weighted by molar-refractivity contribution is 5.84. The molecule has 0 spiro atoms. The molecule has 0 atom stereocenters. The van der Waals surface area contributed by atoms with E-state index in [1.165, 1.54) is 0 Å². The number of benzene rings is 2.